The number of hydrogen-bond donors (Lipinski definition) is 0. The number of hydrogen-bond acceptors (Lipinski definition) is 2. The Morgan fingerprint density at radius 3 is 2.58 bits per heavy atom. The van der Waals surface area contributed by atoms with E-state index in [9.17, 15) is 10.5 Å². The summed E-state index contributed by atoms with van der Waals surface area (Å²) in [4.78, 5) is 0. The van der Waals surface area contributed by atoms with Crippen molar-refractivity contribution in [3.63, 3.8) is 0 Å². The maximum absolute atomic E-state index is 10.2. The second-order valence-electron chi connectivity index (χ2n) is 9.68. The summed E-state index contributed by atoms with van der Waals surface area (Å²) in [5.41, 5.74) is 0.929. The van der Waals surface area contributed by atoms with E-state index in [-0.39, 0.29) is 10.8 Å². The molecule has 3 aliphatic carbocycles. The van der Waals surface area contributed by atoms with Gasteiger partial charge in [-0.1, -0.05) is 26.0 Å². The summed E-state index contributed by atoms with van der Waals surface area (Å²) in [6, 6.07) is 5.33. The van der Waals surface area contributed by atoms with E-state index in [1.165, 1.54) is 24.8 Å². The lowest BCUT2D eigenvalue weighted by molar-refractivity contribution is -0.0908. The fourth-order valence-electron chi connectivity index (χ4n) is 6.59. The lowest BCUT2D eigenvalue weighted by atomic mass is 9.42. The second kappa shape index (κ2) is 5.91. The standard InChI is InChI=1S/C22H32N2/c1-14-8-9-22(13-24)16(3)6-7-18-15(2)10-17(19(14)20(18)22)11-21(4,5)12-23/h15-20H,1,6-11H2,2-5H3/t15-,16-,17-,18?,19?,20?,22-/m1/s1. The molecule has 7 atom stereocenters. The molecule has 0 aromatic rings. The lowest BCUT2D eigenvalue weighted by Gasteiger charge is -2.61. The molecule has 3 saturated carbocycles. The van der Waals surface area contributed by atoms with Gasteiger partial charge in [-0.3, -0.25) is 0 Å². The van der Waals surface area contributed by atoms with Crippen molar-refractivity contribution in [2.75, 3.05) is 0 Å². The predicted molar refractivity (Wildman–Crippen MR) is 96.6 cm³/mol. The molecule has 0 bridgehead atoms. The van der Waals surface area contributed by atoms with Crippen molar-refractivity contribution in [3.8, 4) is 12.1 Å². The number of nitriles is 2. The van der Waals surface area contributed by atoms with Crippen LogP contribution in [0, 0.1) is 69.0 Å². The Morgan fingerprint density at radius 2 is 1.96 bits per heavy atom. The Labute approximate surface area is 147 Å². The van der Waals surface area contributed by atoms with E-state index < -0.39 is 0 Å². The molecule has 0 aliphatic heterocycles. The fourth-order valence-corrected chi connectivity index (χ4v) is 6.59. The van der Waals surface area contributed by atoms with Gasteiger partial charge in [-0.25, -0.2) is 0 Å². The monoisotopic (exact) mass is 324 g/mol. The zero-order valence-corrected chi connectivity index (χ0v) is 15.8. The quantitative estimate of drug-likeness (QED) is 0.610. The van der Waals surface area contributed by atoms with Gasteiger partial charge in [0.1, 0.15) is 0 Å². The molecule has 0 heterocycles. The molecule has 3 aliphatic rings. The highest BCUT2D eigenvalue weighted by Crippen LogP contribution is 2.65. The third kappa shape index (κ3) is 2.50. The summed E-state index contributed by atoms with van der Waals surface area (Å²) < 4.78 is 0. The van der Waals surface area contributed by atoms with Crippen molar-refractivity contribution < 1.29 is 0 Å². The normalized spacial score (nSPS) is 45.0. The first kappa shape index (κ1) is 17.5. The van der Waals surface area contributed by atoms with E-state index in [4.69, 9.17) is 0 Å². The number of rotatable bonds is 2. The number of allylic oxidation sites excluding steroid dienone is 1. The van der Waals surface area contributed by atoms with Gasteiger partial charge in [0.25, 0.3) is 0 Å². The van der Waals surface area contributed by atoms with Gasteiger partial charge in [0.2, 0.25) is 0 Å². The first-order chi connectivity index (χ1) is 11.3. The van der Waals surface area contributed by atoms with Gasteiger partial charge in [0, 0.05) is 0 Å². The van der Waals surface area contributed by atoms with E-state index in [0.717, 1.165) is 19.3 Å². The molecule has 3 fully saturated rings. The maximum Gasteiger partial charge on any atom is 0.0695 e. The smallest absolute Gasteiger partial charge is 0.0695 e. The largest absolute Gasteiger partial charge is 0.198 e. The highest BCUT2D eigenvalue weighted by molar-refractivity contribution is 5.24. The zero-order valence-electron chi connectivity index (χ0n) is 15.8. The molecular formula is C22H32N2. The summed E-state index contributed by atoms with van der Waals surface area (Å²) in [6.45, 7) is 13.3. The summed E-state index contributed by atoms with van der Waals surface area (Å²) in [5, 5.41) is 19.7. The van der Waals surface area contributed by atoms with Crippen molar-refractivity contribution in [2.45, 2.75) is 66.2 Å². The Bertz CT molecular complexity index is 604. The fraction of sp³-hybridized carbons (Fsp3) is 0.818. The Morgan fingerprint density at radius 1 is 1.25 bits per heavy atom. The third-order valence-electron chi connectivity index (χ3n) is 7.78. The molecule has 3 unspecified atom stereocenters. The van der Waals surface area contributed by atoms with Gasteiger partial charge in [-0.15, -0.1) is 0 Å². The minimum absolute atomic E-state index is 0.154. The number of nitrogens with zero attached hydrogens (tertiary/aromatic N) is 2. The molecule has 3 rings (SSSR count). The van der Waals surface area contributed by atoms with Crippen molar-refractivity contribution in [2.24, 2.45) is 46.3 Å². The molecule has 24 heavy (non-hydrogen) atoms. The molecule has 0 aromatic carbocycles. The topological polar surface area (TPSA) is 47.6 Å². The minimum atomic E-state index is -0.287. The van der Waals surface area contributed by atoms with Crippen LogP contribution in [-0.4, -0.2) is 0 Å². The average Bonchev–Trinajstić information content (AvgIpc) is 2.54. The second-order valence-corrected chi connectivity index (χ2v) is 9.68. The van der Waals surface area contributed by atoms with E-state index in [0.29, 0.717) is 35.5 Å². The molecule has 2 heteroatoms. The van der Waals surface area contributed by atoms with Crippen LogP contribution in [0.15, 0.2) is 12.2 Å². The third-order valence-corrected chi connectivity index (χ3v) is 7.78. The van der Waals surface area contributed by atoms with Gasteiger partial charge in [-0.2, -0.15) is 10.5 Å². The summed E-state index contributed by atoms with van der Waals surface area (Å²) >= 11 is 0. The van der Waals surface area contributed by atoms with Gasteiger partial charge in [-0.05, 0) is 87.9 Å². The first-order valence-electron chi connectivity index (χ1n) is 9.76. The SMILES string of the molecule is C=C1CC[C@]2(C#N)C3C1[C@@H](CC(C)(C)C#N)C[C@@H](C)C3CC[C@H]2C. The van der Waals surface area contributed by atoms with Crippen LogP contribution in [0.2, 0.25) is 0 Å². The molecule has 130 valence electrons. The summed E-state index contributed by atoms with van der Waals surface area (Å²) in [6.07, 6.45) is 6.62. The summed E-state index contributed by atoms with van der Waals surface area (Å²) in [5.74, 6) is 3.27. The maximum atomic E-state index is 10.2. The van der Waals surface area contributed by atoms with Crippen molar-refractivity contribution >= 4 is 0 Å². The van der Waals surface area contributed by atoms with Crippen LogP contribution in [0.5, 0.6) is 0 Å². The van der Waals surface area contributed by atoms with Crippen LogP contribution in [-0.2, 0) is 0 Å². The first-order valence-corrected chi connectivity index (χ1v) is 9.76. The molecule has 0 amide bonds. The molecule has 2 nitrogen and oxygen atoms in total. The summed E-state index contributed by atoms with van der Waals surface area (Å²) in [7, 11) is 0. The van der Waals surface area contributed by atoms with E-state index in [1.54, 1.807) is 0 Å². The lowest BCUT2D eigenvalue weighted by Crippen LogP contribution is -2.56. The average molecular weight is 325 g/mol. The van der Waals surface area contributed by atoms with E-state index in [2.05, 4.69) is 46.4 Å². The van der Waals surface area contributed by atoms with Gasteiger partial charge in [0.05, 0.1) is 23.0 Å². The molecule has 0 aromatic heterocycles. The Balaban J connectivity index is 2.03. The van der Waals surface area contributed by atoms with Crippen LogP contribution in [0.4, 0.5) is 0 Å². The van der Waals surface area contributed by atoms with Crippen LogP contribution in [0.3, 0.4) is 0 Å². The van der Waals surface area contributed by atoms with Crippen molar-refractivity contribution in [1.29, 1.82) is 10.5 Å². The molecular weight excluding hydrogens is 292 g/mol. The molecule has 0 N–H and O–H groups in total. The van der Waals surface area contributed by atoms with Crippen LogP contribution < -0.4 is 0 Å². The van der Waals surface area contributed by atoms with Gasteiger partial charge < -0.3 is 0 Å². The zero-order chi connectivity index (χ0) is 17.7. The van der Waals surface area contributed by atoms with Crippen LogP contribution >= 0.6 is 0 Å². The minimum Gasteiger partial charge on any atom is -0.198 e. The molecule has 0 radical (unpaired) electrons. The molecule has 0 spiro atoms. The highest BCUT2D eigenvalue weighted by atomic mass is 14.6. The van der Waals surface area contributed by atoms with E-state index in [1.807, 2.05) is 0 Å². The Hall–Kier alpha value is -1.28. The van der Waals surface area contributed by atoms with Crippen LogP contribution in [0.1, 0.15) is 66.2 Å². The van der Waals surface area contributed by atoms with Gasteiger partial charge >= 0.3 is 0 Å². The van der Waals surface area contributed by atoms with Gasteiger partial charge in [0.15, 0.2) is 0 Å². The Kier molecular flexibility index (Phi) is 4.32. The van der Waals surface area contributed by atoms with Crippen LogP contribution in [0.25, 0.3) is 0 Å². The molecule has 0 saturated heterocycles. The highest BCUT2D eigenvalue weighted by Gasteiger charge is 2.60. The van der Waals surface area contributed by atoms with Crippen molar-refractivity contribution in [3.05, 3.63) is 12.2 Å². The predicted octanol–water partition coefficient (Wildman–Crippen LogP) is 5.72. The van der Waals surface area contributed by atoms with E-state index >= 15 is 0 Å². The van der Waals surface area contributed by atoms with Crippen molar-refractivity contribution in [1.82, 2.24) is 0 Å².